The highest BCUT2D eigenvalue weighted by Crippen LogP contribution is 2.40. The third-order valence-electron chi connectivity index (χ3n) is 4.18. The van der Waals surface area contributed by atoms with E-state index in [4.69, 9.17) is 4.74 Å². The Hall–Kier alpha value is -1.62. The number of ether oxygens (including phenoxy) is 1. The van der Waals surface area contributed by atoms with E-state index in [1.807, 2.05) is 13.8 Å². The van der Waals surface area contributed by atoms with Crippen LogP contribution in [0.1, 0.15) is 33.1 Å². The lowest BCUT2D eigenvalue weighted by atomic mass is 9.64. The van der Waals surface area contributed by atoms with E-state index in [1.165, 1.54) is 12.1 Å². The minimum Gasteiger partial charge on any atom is -0.494 e. The molecule has 4 nitrogen and oxygen atoms in total. The predicted octanol–water partition coefficient (Wildman–Crippen LogP) is 2.26. The number of nitrogens with one attached hydrogen (secondary N) is 1. The first-order valence-electron chi connectivity index (χ1n) is 7.25. The zero-order valence-corrected chi connectivity index (χ0v) is 12.4. The molecule has 0 saturated heterocycles. The van der Waals surface area contributed by atoms with Crippen molar-refractivity contribution in [2.45, 2.75) is 45.3 Å². The lowest BCUT2D eigenvalue weighted by Gasteiger charge is -2.49. The lowest BCUT2D eigenvalue weighted by Crippen LogP contribution is -2.61. The molecule has 21 heavy (non-hydrogen) atoms. The molecule has 1 aliphatic carbocycles. The molecule has 2 N–H and O–H groups in total. The van der Waals surface area contributed by atoms with Crippen LogP contribution in [0.4, 0.5) is 4.39 Å². The molecule has 0 aromatic heterocycles. The summed E-state index contributed by atoms with van der Waals surface area (Å²) < 4.78 is 18.1. The number of carbonyl (C=O) groups is 1. The quantitative estimate of drug-likeness (QED) is 0.791. The highest BCUT2D eigenvalue weighted by Gasteiger charge is 2.47. The van der Waals surface area contributed by atoms with Gasteiger partial charge in [0, 0.05) is 17.9 Å². The highest BCUT2D eigenvalue weighted by molar-refractivity contribution is 5.76. The average Bonchev–Trinajstić information content (AvgIpc) is 2.45. The molecule has 0 aliphatic heterocycles. The molecule has 0 bridgehead atoms. The molecule has 0 radical (unpaired) electrons. The van der Waals surface area contributed by atoms with Crippen LogP contribution in [0.3, 0.4) is 0 Å². The fourth-order valence-electron chi connectivity index (χ4n) is 2.37. The maximum atomic E-state index is 12.7. The van der Waals surface area contributed by atoms with Gasteiger partial charge in [-0.15, -0.1) is 0 Å². The number of amides is 1. The summed E-state index contributed by atoms with van der Waals surface area (Å²) in [6.45, 7) is 4.31. The molecule has 1 amide bonds. The second kappa shape index (κ2) is 6.43. The van der Waals surface area contributed by atoms with Crippen molar-refractivity contribution in [3.63, 3.8) is 0 Å². The molecule has 1 aromatic rings. The fourth-order valence-corrected chi connectivity index (χ4v) is 2.37. The van der Waals surface area contributed by atoms with Gasteiger partial charge in [0.15, 0.2) is 0 Å². The monoisotopic (exact) mass is 295 g/mol. The van der Waals surface area contributed by atoms with E-state index in [0.29, 0.717) is 31.6 Å². The molecule has 1 aliphatic rings. The number of hydrogen-bond donors (Lipinski definition) is 2. The second-order valence-corrected chi connectivity index (χ2v) is 6.10. The summed E-state index contributed by atoms with van der Waals surface area (Å²) in [6.07, 6.45) is 1.25. The molecule has 0 heterocycles. The standard InChI is InChI=1S/C16H22FNO3/c1-16(2)13(10-14(16)19)18-15(20)4-3-9-21-12-7-5-11(17)6-8-12/h5-8,13-14,19H,3-4,9-10H2,1-2H3,(H,18,20). The van der Waals surface area contributed by atoms with Gasteiger partial charge in [-0.05, 0) is 37.1 Å². The molecule has 0 spiro atoms. The Morgan fingerprint density at radius 1 is 1.43 bits per heavy atom. The summed E-state index contributed by atoms with van der Waals surface area (Å²) >= 11 is 0. The predicted molar refractivity (Wildman–Crippen MR) is 77.5 cm³/mol. The lowest BCUT2D eigenvalue weighted by molar-refractivity contribution is -0.129. The Morgan fingerprint density at radius 3 is 2.67 bits per heavy atom. The number of hydrogen-bond acceptors (Lipinski definition) is 3. The molecule has 2 atom stereocenters. The van der Waals surface area contributed by atoms with E-state index in [1.54, 1.807) is 12.1 Å². The number of benzene rings is 1. The van der Waals surface area contributed by atoms with Gasteiger partial charge in [0.2, 0.25) is 5.91 Å². The molecule has 1 fully saturated rings. The van der Waals surface area contributed by atoms with Gasteiger partial charge in [-0.3, -0.25) is 4.79 Å². The summed E-state index contributed by atoms with van der Waals surface area (Å²) in [5.74, 6) is 0.273. The minimum absolute atomic E-state index is 0.0253. The molecular formula is C16H22FNO3. The molecular weight excluding hydrogens is 273 g/mol. The van der Waals surface area contributed by atoms with Crippen LogP contribution in [0.25, 0.3) is 0 Å². The van der Waals surface area contributed by atoms with Crippen molar-refractivity contribution >= 4 is 5.91 Å². The maximum absolute atomic E-state index is 12.7. The van der Waals surface area contributed by atoms with Gasteiger partial charge in [-0.2, -0.15) is 0 Å². The molecule has 1 aromatic carbocycles. The SMILES string of the molecule is CC1(C)C(O)CC1NC(=O)CCCOc1ccc(F)cc1. The van der Waals surface area contributed by atoms with Gasteiger partial charge in [-0.25, -0.2) is 4.39 Å². The van der Waals surface area contributed by atoms with Crippen molar-refractivity contribution in [3.05, 3.63) is 30.1 Å². The van der Waals surface area contributed by atoms with E-state index >= 15 is 0 Å². The Kier molecular flexibility index (Phi) is 4.83. The third-order valence-corrected chi connectivity index (χ3v) is 4.18. The van der Waals surface area contributed by atoms with Crippen molar-refractivity contribution in [2.75, 3.05) is 6.61 Å². The van der Waals surface area contributed by atoms with Gasteiger partial charge in [0.1, 0.15) is 11.6 Å². The van der Waals surface area contributed by atoms with Gasteiger partial charge in [0.05, 0.1) is 12.7 Å². The average molecular weight is 295 g/mol. The van der Waals surface area contributed by atoms with E-state index in [2.05, 4.69) is 5.32 Å². The number of aliphatic hydroxyl groups excluding tert-OH is 1. The third kappa shape index (κ3) is 3.94. The van der Waals surface area contributed by atoms with Crippen LogP contribution in [0, 0.1) is 11.2 Å². The Morgan fingerprint density at radius 2 is 2.10 bits per heavy atom. The zero-order chi connectivity index (χ0) is 15.5. The fraction of sp³-hybridized carbons (Fsp3) is 0.562. The molecule has 2 unspecified atom stereocenters. The minimum atomic E-state index is -0.343. The number of rotatable bonds is 6. The molecule has 5 heteroatoms. The highest BCUT2D eigenvalue weighted by atomic mass is 19.1. The summed E-state index contributed by atoms with van der Waals surface area (Å²) in [5, 5.41) is 12.6. The van der Waals surface area contributed by atoms with Crippen LogP contribution < -0.4 is 10.1 Å². The Bertz CT molecular complexity index is 487. The van der Waals surface area contributed by atoms with Crippen molar-refractivity contribution in [1.29, 1.82) is 0 Å². The topological polar surface area (TPSA) is 58.6 Å². The number of halogens is 1. The van der Waals surface area contributed by atoms with Crippen molar-refractivity contribution in [1.82, 2.24) is 5.32 Å². The first-order chi connectivity index (χ1) is 9.89. The van der Waals surface area contributed by atoms with Crippen LogP contribution in [0.15, 0.2) is 24.3 Å². The van der Waals surface area contributed by atoms with Gasteiger partial charge in [-0.1, -0.05) is 13.8 Å². The van der Waals surface area contributed by atoms with Crippen LogP contribution in [-0.2, 0) is 4.79 Å². The van der Waals surface area contributed by atoms with Crippen molar-refractivity contribution in [3.8, 4) is 5.75 Å². The van der Waals surface area contributed by atoms with Crippen LogP contribution in [0.5, 0.6) is 5.75 Å². The summed E-state index contributed by atoms with van der Waals surface area (Å²) in [7, 11) is 0. The smallest absolute Gasteiger partial charge is 0.220 e. The normalized spacial score (nSPS) is 23.2. The van der Waals surface area contributed by atoms with Crippen molar-refractivity contribution < 1.29 is 19.0 Å². The molecule has 1 saturated carbocycles. The van der Waals surface area contributed by atoms with Crippen molar-refractivity contribution in [2.24, 2.45) is 5.41 Å². The number of aliphatic hydroxyl groups is 1. The van der Waals surface area contributed by atoms with E-state index in [0.717, 1.165) is 0 Å². The molecule has 2 rings (SSSR count). The number of carbonyl (C=O) groups excluding carboxylic acids is 1. The van der Waals surface area contributed by atoms with Gasteiger partial charge in [0.25, 0.3) is 0 Å². The molecule has 116 valence electrons. The summed E-state index contributed by atoms with van der Waals surface area (Å²) in [5.41, 5.74) is -0.250. The van der Waals surface area contributed by atoms with Gasteiger partial charge >= 0.3 is 0 Å². The van der Waals surface area contributed by atoms with Gasteiger partial charge < -0.3 is 15.2 Å². The summed E-state index contributed by atoms with van der Waals surface area (Å²) in [6, 6.07) is 5.84. The first kappa shape index (κ1) is 15.8. The summed E-state index contributed by atoms with van der Waals surface area (Å²) in [4.78, 5) is 11.8. The van der Waals surface area contributed by atoms with E-state index in [9.17, 15) is 14.3 Å². The largest absolute Gasteiger partial charge is 0.494 e. The van der Waals surface area contributed by atoms with Crippen LogP contribution >= 0.6 is 0 Å². The first-order valence-corrected chi connectivity index (χ1v) is 7.25. The Labute approximate surface area is 124 Å². The maximum Gasteiger partial charge on any atom is 0.220 e. The van der Waals surface area contributed by atoms with Crippen LogP contribution in [-0.4, -0.2) is 29.8 Å². The zero-order valence-electron chi connectivity index (χ0n) is 12.4. The van der Waals surface area contributed by atoms with E-state index < -0.39 is 0 Å². The second-order valence-electron chi connectivity index (χ2n) is 6.10. The van der Waals surface area contributed by atoms with Crippen LogP contribution in [0.2, 0.25) is 0 Å². The Balaban J connectivity index is 1.63. The van der Waals surface area contributed by atoms with E-state index in [-0.39, 0.29) is 29.3 Å².